The third kappa shape index (κ3) is 3.25. The molecule has 0 radical (unpaired) electrons. The summed E-state index contributed by atoms with van der Waals surface area (Å²) in [5.41, 5.74) is 1.76. The predicted molar refractivity (Wildman–Crippen MR) is 97.6 cm³/mol. The molecule has 1 unspecified atom stereocenters. The number of nitrogens with zero attached hydrogens (tertiary/aromatic N) is 4. The van der Waals surface area contributed by atoms with E-state index in [-0.39, 0.29) is 24.4 Å². The number of aromatic nitrogens is 4. The zero-order valence-corrected chi connectivity index (χ0v) is 14.8. The number of hydrogen-bond acceptors (Lipinski definition) is 4. The van der Waals surface area contributed by atoms with Crippen LogP contribution in [0.3, 0.4) is 0 Å². The summed E-state index contributed by atoms with van der Waals surface area (Å²) < 4.78 is 1.98. The summed E-state index contributed by atoms with van der Waals surface area (Å²) in [4.78, 5) is 19.3. The van der Waals surface area contributed by atoms with Crippen LogP contribution in [0, 0.1) is 0 Å². The van der Waals surface area contributed by atoms with Gasteiger partial charge in [-0.15, -0.1) is 12.4 Å². The lowest BCUT2D eigenvalue weighted by molar-refractivity contribution is -0.134. The van der Waals surface area contributed by atoms with Gasteiger partial charge in [-0.1, -0.05) is 18.2 Å². The smallest absolute Gasteiger partial charge is 0.229 e. The van der Waals surface area contributed by atoms with E-state index in [0.29, 0.717) is 13.0 Å². The normalized spacial score (nSPS) is 17.5. The van der Waals surface area contributed by atoms with Crippen molar-refractivity contribution in [2.75, 3.05) is 19.6 Å². The van der Waals surface area contributed by atoms with Crippen LogP contribution in [0.4, 0.5) is 0 Å². The van der Waals surface area contributed by atoms with E-state index in [1.54, 1.807) is 6.20 Å². The molecular weight excluding hydrogens is 340 g/mol. The van der Waals surface area contributed by atoms with Crippen molar-refractivity contribution in [3.8, 4) is 0 Å². The Labute approximate surface area is 151 Å². The first-order chi connectivity index (χ1) is 11.7. The monoisotopic (exact) mass is 360 g/mol. The van der Waals surface area contributed by atoms with Gasteiger partial charge in [-0.2, -0.15) is 5.10 Å². The summed E-state index contributed by atoms with van der Waals surface area (Å²) in [5.74, 6) is 1.00. The van der Waals surface area contributed by atoms with E-state index in [1.165, 1.54) is 0 Å². The summed E-state index contributed by atoms with van der Waals surface area (Å²) in [6.07, 6.45) is 4.01. The molecule has 1 amide bonds. The third-order valence-corrected chi connectivity index (χ3v) is 4.59. The molecule has 1 aliphatic heterocycles. The van der Waals surface area contributed by atoms with Crippen molar-refractivity contribution < 1.29 is 4.79 Å². The Hall–Kier alpha value is -2.38. The number of benzene rings is 1. The van der Waals surface area contributed by atoms with E-state index in [2.05, 4.69) is 20.5 Å². The lowest BCUT2D eigenvalue weighted by Crippen LogP contribution is -2.49. The number of hydrogen-bond donors (Lipinski definition) is 2. The molecule has 2 aromatic heterocycles. The Morgan fingerprint density at radius 2 is 2.20 bits per heavy atom. The molecule has 4 rings (SSSR count). The summed E-state index contributed by atoms with van der Waals surface area (Å²) in [6.45, 7) is 2.21. The fourth-order valence-electron chi connectivity index (χ4n) is 3.33. The number of amides is 1. The first-order valence-electron chi connectivity index (χ1n) is 8.13. The van der Waals surface area contributed by atoms with Crippen LogP contribution in [0.2, 0.25) is 0 Å². The van der Waals surface area contributed by atoms with Crippen LogP contribution in [-0.4, -0.2) is 50.2 Å². The van der Waals surface area contributed by atoms with Gasteiger partial charge < -0.3 is 14.8 Å². The average Bonchev–Trinajstić information content (AvgIpc) is 3.21. The second kappa shape index (κ2) is 7.25. The molecule has 1 aliphatic rings. The second-order valence-corrected chi connectivity index (χ2v) is 6.10. The maximum Gasteiger partial charge on any atom is 0.229 e. The molecule has 0 bridgehead atoms. The first kappa shape index (κ1) is 17.4. The molecule has 132 valence electrons. The van der Waals surface area contributed by atoms with Crippen molar-refractivity contribution in [1.82, 2.24) is 30.0 Å². The Morgan fingerprint density at radius 3 is 3.00 bits per heavy atom. The molecule has 0 spiro atoms. The van der Waals surface area contributed by atoms with Gasteiger partial charge in [-0.05, 0) is 6.07 Å². The van der Waals surface area contributed by atoms with Crippen molar-refractivity contribution in [2.45, 2.75) is 12.5 Å². The second-order valence-electron chi connectivity index (χ2n) is 6.10. The minimum absolute atomic E-state index is 0. The highest BCUT2D eigenvalue weighted by molar-refractivity contribution is 5.87. The maximum absolute atomic E-state index is 12.9. The molecule has 1 atom stereocenters. The molecule has 3 aromatic rings. The van der Waals surface area contributed by atoms with Crippen molar-refractivity contribution in [1.29, 1.82) is 0 Å². The Bertz CT molecular complexity index is 873. The van der Waals surface area contributed by atoms with Crippen LogP contribution >= 0.6 is 12.4 Å². The highest BCUT2D eigenvalue weighted by atomic mass is 35.5. The van der Waals surface area contributed by atoms with E-state index in [1.807, 2.05) is 47.0 Å². The van der Waals surface area contributed by atoms with Gasteiger partial charge in [-0.3, -0.25) is 9.89 Å². The van der Waals surface area contributed by atoms with Gasteiger partial charge in [0.2, 0.25) is 5.91 Å². The molecule has 7 nitrogen and oxygen atoms in total. The van der Waals surface area contributed by atoms with Crippen LogP contribution in [0.15, 0.2) is 36.7 Å². The average molecular weight is 361 g/mol. The first-order valence-corrected chi connectivity index (χ1v) is 8.13. The van der Waals surface area contributed by atoms with Gasteiger partial charge in [0, 0.05) is 44.5 Å². The van der Waals surface area contributed by atoms with Crippen LogP contribution in [-0.2, 0) is 18.3 Å². The van der Waals surface area contributed by atoms with Crippen LogP contribution in [0.5, 0.6) is 0 Å². The molecule has 8 heteroatoms. The zero-order chi connectivity index (χ0) is 16.5. The zero-order valence-electron chi connectivity index (χ0n) is 14.0. The summed E-state index contributed by atoms with van der Waals surface area (Å²) in [7, 11) is 1.96. The van der Waals surface area contributed by atoms with Crippen molar-refractivity contribution in [3.63, 3.8) is 0 Å². The van der Waals surface area contributed by atoms with Gasteiger partial charge >= 0.3 is 0 Å². The maximum atomic E-state index is 12.9. The fraction of sp³-hybridized carbons (Fsp3) is 0.353. The van der Waals surface area contributed by atoms with Gasteiger partial charge in [0.1, 0.15) is 11.9 Å². The highest BCUT2D eigenvalue weighted by Gasteiger charge is 2.30. The lowest BCUT2D eigenvalue weighted by Gasteiger charge is -2.35. The number of fused-ring (bicyclic) bond motifs is 1. The number of halogens is 1. The molecule has 2 N–H and O–H groups in total. The number of H-pyrrole nitrogens is 1. The van der Waals surface area contributed by atoms with Gasteiger partial charge in [0.25, 0.3) is 0 Å². The topological polar surface area (TPSA) is 78.8 Å². The molecule has 0 saturated carbocycles. The molecule has 0 aliphatic carbocycles. The minimum atomic E-state index is -0.0413. The van der Waals surface area contributed by atoms with Crippen molar-refractivity contribution in [3.05, 3.63) is 48.2 Å². The van der Waals surface area contributed by atoms with Gasteiger partial charge in [-0.25, -0.2) is 4.98 Å². The standard InChI is InChI=1S/C17H20N6O.ClH/c1-22-8-7-19-17(22)15-11-18-6-9-23(15)16(24)10-14-12-4-2-3-5-13(12)20-21-14;/h2-5,7-8,15,18H,6,9-11H2,1H3,(H,20,21);1H. The summed E-state index contributed by atoms with van der Waals surface area (Å²) in [5, 5.41) is 11.7. The van der Waals surface area contributed by atoms with E-state index in [4.69, 9.17) is 0 Å². The Morgan fingerprint density at radius 1 is 1.36 bits per heavy atom. The van der Waals surface area contributed by atoms with E-state index < -0.39 is 0 Å². The van der Waals surface area contributed by atoms with Gasteiger partial charge in [0.05, 0.1) is 17.6 Å². The Balaban J connectivity index is 0.00000182. The number of carbonyl (C=O) groups excluding carboxylic acids is 1. The minimum Gasteiger partial charge on any atom is -0.336 e. The SMILES string of the molecule is Cl.Cn1ccnc1C1CNCCN1C(=O)Cc1[nH]nc2ccccc12. The molecular formula is C17H21ClN6O. The number of nitrogens with one attached hydrogen (secondary N) is 2. The number of rotatable bonds is 3. The third-order valence-electron chi connectivity index (χ3n) is 4.59. The quantitative estimate of drug-likeness (QED) is 0.740. The number of aromatic amines is 1. The van der Waals surface area contributed by atoms with Crippen molar-refractivity contribution >= 4 is 29.2 Å². The number of imidazole rings is 1. The highest BCUT2D eigenvalue weighted by Crippen LogP contribution is 2.23. The van der Waals surface area contributed by atoms with Crippen molar-refractivity contribution in [2.24, 2.45) is 7.05 Å². The predicted octanol–water partition coefficient (Wildman–Crippen LogP) is 1.43. The van der Waals surface area contributed by atoms with Crippen LogP contribution in [0.1, 0.15) is 17.6 Å². The van der Waals surface area contributed by atoms with Gasteiger partial charge in [0.15, 0.2) is 0 Å². The van der Waals surface area contributed by atoms with E-state index in [0.717, 1.165) is 35.5 Å². The largest absolute Gasteiger partial charge is 0.336 e. The van der Waals surface area contributed by atoms with Crippen LogP contribution in [0.25, 0.3) is 10.9 Å². The number of carbonyl (C=O) groups is 1. The summed E-state index contributed by atoms with van der Waals surface area (Å²) in [6, 6.07) is 7.81. The van der Waals surface area contributed by atoms with Crippen LogP contribution < -0.4 is 5.32 Å². The molecule has 1 aromatic carbocycles. The van der Waals surface area contributed by atoms with E-state index in [9.17, 15) is 4.79 Å². The summed E-state index contributed by atoms with van der Waals surface area (Å²) >= 11 is 0. The molecule has 25 heavy (non-hydrogen) atoms. The molecule has 3 heterocycles. The fourth-order valence-corrected chi connectivity index (χ4v) is 3.33. The number of piperazine rings is 1. The Kier molecular flexibility index (Phi) is 5.06. The van der Waals surface area contributed by atoms with E-state index >= 15 is 0 Å². The number of para-hydroxylation sites is 1. The molecule has 1 saturated heterocycles. The lowest BCUT2D eigenvalue weighted by atomic mass is 10.1. The molecule has 1 fully saturated rings. The number of aryl methyl sites for hydroxylation is 1.